The monoisotopic (exact) mass is 634 g/mol. The molecular formula is C27H59IN2O4S. The van der Waals surface area contributed by atoms with Gasteiger partial charge in [0.05, 0.1) is 46.7 Å². The Morgan fingerprint density at radius 1 is 0.743 bits per heavy atom. The lowest BCUT2D eigenvalue weighted by Gasteiger charge is -2.23. The maximum atomic E-state index is 12.2. The Kier molecular flexibility index (Phi) is 26.7. The molecule has 1 unspecified atom stereocenters. The van der Waals surface area contributed by atoms with Crippen molar-refractivity contribution in [1.82, 2.24) is 4.72 Å². The Morgan fingerprint density at radius 2 is 1.23 bits per heavy atom. The molecule has 0 aliphatic rings. The van der Waals surface area contributed by atoms with Crippen molar-refractivity contribution in [1.29, 1.82) is 0 Å². The van der Waals surface area contributed by atoms with E-state index in [0.717, 1.165) is 24.1 Å². The average molecular weight is 635 g/mol. The van der Waals surface area contributed by atoms with Gasteiger partial charge in [-0.05, 0) is 6.42 Å². The summed E-state index contributed by atoms with van der Waals surface area (Å²) in [6.07, 6.45) is 19.6. The second kappa shape index (κ2) is 24.8. The van der Waals surface area contributed by atoms with Crippen LogP contribution in [0.2, 0.25) is 0 Å². The number of rotatable bonds is 26. The first-order valence-electron chi connectivity index (χ1n) is 14.0. The lowest BCUT2D eigenvalue weighted by molar-refractivity contribution is -0.870. The fraction of sp³-hybridized carbons (Fsp3) is 1.00. The maximum Gasteiger partial charge on any atom is 0.211 e. The third kappa shape index (κ3) is 28.9. The standard InChI is InChI=1S/C27H59N2O4S.HI/c1-6-7-8-9-10-11-12-13-14-15-16-17-18-19-22-33-26-27(25-32-5)24-28-34(30,31)23-20-21-29(2,3)4;/h27-28H,6-26H2,1-5H3;1H/q+1;/p-1. The molecule has 0 radical (unpaired) electrons. The first-order valence-corrected chi connectivity index (χ1v) is 15.7. The van der Waals surface area contributed by atoms with E-state index in [2.05, 4.69) is 32.8 Å². The molecule has 0 heterocycles. The van der Waals surface area contributed by atoms with E-state index in [9.17, 15) is 8.42 Å². The molecule has 0 aromatic carbocycles. The van der Waals surface area contributed by atoms with Crippen molar-refractivity contribution in [3.8, 4) is 0 Å². The van der Waals surface area contributed by atoms with Gasteiger partial charge in [0.15, 0.2) is 0 Å². The zero-order chi connectivity index (χ0) is 25.5. The van der Waals surface area contributed by atoms with Gasteiger partial charge in [-0.3, -0.25) is 0 Å². The first-order chi connectivity index (χ1) is 16.2. The first kappa shape index (κ1) is 37.7. The number of methoxy groups -OCH3 is 1. The summed E-state index contributed by atoms with van der Waals surface area (Å²) in [5.41, 5.74) is 0. The molecule has 0 aliphatic heterocycles. The second-order valence-corrected chi connectivity index (χ2v) is 13.0. The normalized spacial score (nSPS) is 13.1. The van der Waals surface area contributed by atoms with Crippen LogP contribution >= 0.6 is 0 Å². The largest absolute Gasteiger partial charge is 1.00 e. The molecule has 0 saturated heterocycles. The number of halogens is 1. The van der Waals surface area contributed by atoms with Gasteiger partial charge in [-0.15, -0.1) is 0 Å². The summed E-state index contributed by atoms with van der Waals surface area (Å²) in [5, 5.41) is 0. The second-order valence-electron chi connectivity index (χ2n) is 11.0. The molecule has 0 saturated carbocycles. The van der Waals surface area contributed by atoms with Crippen LogP contribution in [0.1, 0.15) is 103 Å². The van der Waals surface area contributed by atoms with Gasteiger partial charge in [-0.25, -0.2) is 13.1 Å². The van der Waals surface area contributed by atoms with Gasteiger partial charge < -0.3 is 37.9 Å². The molecule has 0 aromatic heterocycles. The Labute approximate surface area is 236 Å². The lowest BCUT2D eigenvalue weighted by atomic mass is 10.0. The Bertz CT molecular complexity index is 542. The molecule has 6 nitrogen and oxygen atoms in total. The highest BCUT2D eigenvalue weighted by molar-refractivity contribution is 7.89. The van der Waals surface area contributed by atoms with Crippen molar-refractivity contribution in [3.63, 3.8) is 0 Å². The minimum absolute atomic E-state index is 0. The van der Waals surface area contributed by atoms with Crippen molar-refractivity contribution < 1.29 is 46.4 Å². The molecule has 0 aromatic rings. The number of nitrogens with one attached hydrogen (secondary N) is 1. The highest BCUT2D eigenvalue weighted by Gasteiger charge is 2.17. The van der Waals surface area contributed by atoms with Gasteiger partial charge in [0.25, 0.3) is 0 Å². The van der Waals surface area contributed by atoms with Crippen LogP contribution in [0.4, 0.5) is 0 Å². The average Bonchev–Trinajstić information content (AvgIpc) is 2.76. The summed E-state index contributed by atoms with van der Waals surface area (Å²) in [5.74, 6) is 0.215. The number of hydrogen-bond acceptors (Lipinski definition) is 4. The van der Waals surface area contributed by atoms with E-state index >= 15 is 0 Å². The molecule has 0 bridgehead atoms. The summed E-state index contributed by atoms with van der Waals surface area (Å²) >= 11 is 0. The highest BCUT2D eigenvalue weighted by atomic mass is 127. The predicted molar refractivity (Wildman–Crippen MR) is 146 cm³/mol. The molecule has 0 aliphatic carbocycles. The highest BCUT2D eigenvalue weighted by Crippen LogP contribution is 2.13. The van der Waals surface area contributed by atoms with Crippen LogP contribution in [0.25, 0.3) is 0 Å². The summed E-state index contributed by atoms with van der Waals surface area (Å²) < 4.78 is 39.1. The summed E-state index contributed by atoms with van der Waals surface area (Å²) in [6.45, 7) is 5.27. The van der Waals surface area contributed by atoms with Crippen LogP contribution < -0.4 is 28.7 Å². The quantitative estimate of drug-likeness (QED) is 0.0904. The number of quaternary nitrogens is 1. The van der Waals surface area contributed by atoms with Gasteiger partial charge in [0.1, 0.15) is 0 Å². The number of nitrogens with zero attached hydrogens (tertiary/aromatic N) is 1. The van der Waals surface area contributed by atoms with E-state index < -0.39 is 10.0 Å². The zero-order valence-electron chi connectivity index (χ0n) is 23.8. The molecule has 1 atom stereocenters. The third-order valence-electron chi connectivity index (χ3n) is 6.23. The molecule has 0 fully saturated rings. The van der Waals surface area contributed by atoms with Gasteiger partial charge in [-0.2, -0.15) is 0 Å². The van der Waals surface area contributed by atoms with Crippen LogP contribution in [-0.4, -0.2) is 79.8 Å². The summed E-state index contributed by atoms with van der Waals surface area (Å²) in [4.78, 5) is 0. The minimum Gasteiger partial charge on any atom is -1.00 e. The lowest BCUT2D eigenvalue weighted by Crippen LogP contribution is -3.00. The van der Waals surface area contributed by atoms with Gasteiger partial charge in [0.2, 0.25) is 10.0 Å². The fourth-order valence-corrected chi connectivity index (χ4v) is 5.24. The van der Waals surface area contributed by atoms with Crippen molar-refractivity contribution >= 4 is 10.0 Å². The van der Waals surface area contributed by atoms with E-state index in [1.807, 2.05) is 0 Å². The van der Waals surface area contributed by atoms with E-state index in [1.54, 1.807) is 7.11 Å². The molecule has 8 heteroatoms. The smallest absolute Gasteiger partial charge is 0.211 e. The number of unbranched alkanes of at least 4 members (excludes halogenated alkanes) is 13. The van der Waals surface area contributed by atoms with E-state index in [4.69, 9.17) is 9.47 Å². The Hall–Kier alpha value is 0.520. The molecule has 0 spiro atoms. The maximum absolute atomic E-state index is 12.2. The van der Waals surface area contributed by atoms with Crippen LogP contribution in [0, 0.1) is 5.92 Å². The topological polar surface area (TPSA) is 64.6 Å². The zero-order valence-corrected chi connectivity index (χ0v) is 26.8. The van der Waals surface area contributed by atoms with E-state index in [-0.39, 0.29) is 35.6 Å². The summed E-state index contributed by atoms with van der Waals surface area (Å²) in [7, 11) is 4.62. The van der Waals surface area contributed by atoms with Crippen LogP contribution in [-0.2, 0) is 19.5 Å². The third-order valence-corrected chi connectivity index (χ3v) is 7.66. The van der Waals surface area contributed by atoms with Crippen LogP contribution in [0.5, 0.6) is 0 Å². The van der Waals surface area contributed by atoms with Crippen molar-refractivity contribution in [2.45, 2.75) is 103 Å². The predicted octanol–water partition coefficient (Wildman–Crippen LogP) is 2.77. The van der Waals surface area contributed by atoms with Crippen molar-refractivity contribution in [3.05, 3.63) is 0 Å². The number of ether oxygens (including phenoxy) is 2. The molecular weight excluding hydrogens is 575 g/mol. The summed E-state index contributed by atoms with van der Waals surface area (Å²) in [6, 6.07) is 0. The van der Waals surface area contributed by atoms with Crippen molar-refractivity contribution in [2.75, 3.05) is 66.9 Å². The SMILES string of the molecule is CCCCCCCCCCCCCCCCOCC(CNS(=O)(=O)CCC[N+](C)(C)C)COC.[I-]. The fourth-order valence-electron chi connectivity index (χ4n) is 4.10. The number of sulfonamides is 1. The van der Waals surface area contributed by atoms with Gasteiger partial charge in [-0.1, -0.05) is 90.4 Å². The molecule has 0 rings (SSSR count). The molecule has 214 valence electrons. The van der Waals surface area contributed by atoms with Gasteiger partial charge in [0, 0.05) is 32.6 Å². The van der Waals surface area contributed by atoms with E-state index in [0.29, 0.717) is 26.2 Å². The van der Waals surface area contributed by atoms with Crippen molar-refractivity contribution in [2.24, 2.45) is 5.92 Å². The number of hydrogen-bond donors (Lipinski definition) is 1. The van der Waals surface area contributed by atoms with E-state index in [1.165, 1.54) is 83.5 Å². The Morgan fingerprint density at radius 3 is 1.69 bits per heavy atom. The molecule has 1 N–H and O–H groups in total. The van der Waals surface area contributed by atoms with Crippen LogP contribution in [0.3, 0.4) is 0 Å². The minimum atomic E-state index is -3.25. The Balaban J connectivity index is 0. The van der Waals surface area contributed by atoms with Crippen LogP contribution in [0.15, 0.2) is 0 Å². The van der Waals surface area contributed by atoms with Gasteiger partial charge >= 0.3 is 0 Å². The molecule has 0 amide bonds. The molecule has 35 heavy (non-hydrogen) atoms.